The maximum atomic E-state index is 12.4. The lowest BCUT2D eigenvalue weighted by atomic mass is 10.1. The Hall–Kier alpha value is -2.00. The molecule has 0 aliphatic carbocycles. The smallest absolute Gasteiger partial charge is 0.303 e. The molecule has 0 bridgehead atoms. The molecule has 142 valence electrons. The highest BCUT2D eigenvalue weighted by molar-refractivity contribution is 7.89. The lowest BCUT2D eigenvalue weighted by Crippen LogP contribution is -2.26. The molecule has 2 aromatic carbocycles. The van der Waals surface area contributed by atoms with Crippen LogP contribution >= 0.6 is 22.9 Å². The van der Waals surface area contributed by atoms with Crippen molar-refractivity contribution >= 4 is 49.1 Å². The number of sulfonamides is 1. The topological polar surface area (TPSA) is 96.4 Å². The first-order valence-electron chi connectivity index (χ1n) is 8.19. The molecule has 0 aliphatic rings. The highest BCUT2D eigenvalue weighted by atomic mass is 35.5. The van der Waals surface area contributed by atoms with Crippen molar-refractivity contribution < 1.29 is 18.3 Å². The number of carboxylic acids is 1. The van der Waals surface area contributed by atoms with Crippen molar-refractivity contribution in [3.8, 4) is 0 Å². The maximum absolute atomic E-state index is 12.4. The number of nitrogens with one attached hydrogen (secondary N) is 1. The van der Waals surface area contributed by atoms with Crippen molar-refractivity contribution in [1.82, 2.24) is 9.71 Å². The molecule has 0 saturated carbocycles. The number of benzene rings is 2. The summed E-state index contributed by atoms with van der Waals surface area (Å²) < 4.78 is 28.3. The molecule has 6 nitrogen and oxygen atoms in total. The summed E-state index contributed by atoms with van der Waals surface area (Å²) in [4.78, 5) is 15.2. The number of fused-ring (bicyclic) bond motifs is 1. The maximum Gasteiger partial charge on any atom is 0.303 e. The van der Waals surface area contributed by atoms with Crippen LogP contribution in [0.15, 0.2) is 47.4 Å². The SMILES string of the molecule is O=C(O)CCc1ccc(S(=O)(=O)NCCc2nc3cc(Cl)ccc3s2)cc1. The normalized spacial score (nSPS) is 11.7. The lowest BCUT2D eigenvalue weighted by Gasteiger charge is -2.07. The van der Waals surface area contributed by atoms with E-state index in [1.165, 1.54) is 23.5 Å². The Labute approximate surface area is 165 Å². The summed E-state index contributed by atoms with van der Waals surface area (Å²) >= 11 is 7.46. The minimum atomic E-state index is -3.63. The molecule has 3 rings (SSSR count). The molecule has 0 unspecified atom stereocenters. The fourth-order valence-corrected chi connectivity index (χ4v) is 4.66. The van der Waals surface area contributed by atoms with Gasteiger partial charge in [0.05, 0.1) is 20.1 Å². The number of hydrogen-bond acceptors (Lipinski definition) is 5. The van der Waals surface area contributed by atoms with Crippen molar-refractivity contribution in [1.29, 1.82) is 0 Å². The van der Waals surface area contributed by atoms with Crippen molar-refractivity contribution in [3.05, 3.63) is 58.1 Å². The number of thiazole rings is 1. The van der Waals surface area contributed by atoms with E-state index in [4.69, 9.17) is 16.7 Å². The molecule has 1 aromatic heterocycles. The first kappa shape index (κ1) is 19.8. The van der Waals surface area contributed by atoms with Gasteiger partial charge in [0, 0.05) is 24.4 Å². The number of aryl methyl sites for hydroxylation is 1. The Balaban J connectivity index is 1.59. The van der Waals surface area contributed by atoms with Crippen LogP contribution < -0.4 is 4.72 Å². The Morgan fingerprint density at radius 3 is 2.59 bits per heavy atom. The summed E-state index contributed by atoms with van der Waals surface area (Å²) in [5, 5.41) is 10.1. The third-order valence-corrected chi connectivity index (χ3v) is 6.69. The minimum Gasteiger partial charge on any atom is -0.481 e. The molecular weight excluding hydrogens is 408 g/mol. The number of nitrogens with zero attached hydrogens (tertiary/aromatic N) is 1. The number of aliphatic carboxylic acids is 1. The summed E-state index contributed by atoms with van der Waals surface area (Å²) in [7, 11) is -3.63. The largest absolute Gasteiger partial charge is 0.481 e. The summed E-state index contributed by atoms with van der Waals surface area (Å²) in [6, 6.07) is 11.7. The monoisotopic (exact) mass is 424 g/mol. The predicted octanol–water partition coefficient (Wildman–Crippen LogP) is 3.49. The molecule has 0 aliphatic heterocycles. The van der Waals surface area contributed by atoms with Gasteiger partial charge in [0.1, 0.15) is 0 Å². The fourth-order valence-electron chi connectivity index (χ4n) is 2.52. The van der Waals surface area contributed by atoms with Crippen LogP contribution in [-0.2, 0) is 27.7 Å². The zero-order valence-electron chi connectivity index (χ0n) is 14.2. The summed E-state index contributed by atoms with van der Waals surface area (Å²) in [6.07, 6.45) is 0.856. The molecule has 1 heterocycles. The van der Waals surface area contributed by atoms with Gasteiger partial charge in [0.25, 0.3) is 0 Å². The van der Waals surface area contributed by atoms with Crippen LogP contribution in [0.3, 0.4) is 0 Å². The lowest BCUT2D eigenvalue weighted by molar-refractivity contribution is -0.136. The van der Waals surface area contributed by atoms with Gasteiger partial charge < -0.3 is 5.11 Å². The van der Waals surface area contributed by atoms with Crippen LogP contribution in [0.4, 0.5) is 0 Å². The number of rotatable bonds is 8. The number of hydrogen-bond donors (Lipinski definition) is 2. The van der Waals surface area contributed by atoms with E-state index < -0.39 is 16.0 Å². The van der Waals surface area contributed by atoms with E-state index in [1.54, 1.807) is 24.3 Å². The molecule has 0 spiro atoms. The second-order valence-electron chi connectivity index (χ2n) is 5.91. The van der Waals surface area contributed by atoms with Gasteiger partial charge in [0.2, 0.25) is 10.0 Å². The number of halogens is 1. The van der Waals surface area contributed by atoms with Crippen LogP contribution in [0.2, 0.25) is 5.02 Å². The summed E-state index contributed by atoms with van der Waals surface area (Å²) in [5.41, 5.74) is 1.59. The third kappa shape index (κ3) is 5.26. The second kappa shape index (κ2) is 8.35. The van der Waals surface area contributed by atoms with Crippen molar-refractivity contribution in [3.63, 3.8) is 0 Å². The van der Waals surface area contributed by atoms with E-state index in [-0.39, 0.29) is 17.9 Å². The van der Waals surface area contributed by atoms with Crippen LogP contribution in [-0.4, -0.2) is 31.0 Å². The minimum absolute atomic E-state index is 0.0116. The molecule has 0 amide bonds. The molecule has 27 heavy (non-hydrogen) atoms. The molecule has 0 atom stereocenters. The van der Waals surface area contributed by atoms with Crippen LogP contribution in [0.1, 0.15) is 17.0 Å². The van der Waals surface area contributed by atoms with Gasteiger partial charge >= 0.3 is 5.97 Å². The molecule has 0 saturated heterocycles. The van der Waals surface area contributed by atoms with Crippen LogP contribution in [0, 0.1) is 0 Å². The average molecular weight is 425 g/mol. The first-order valence-corrected chi connectivity index (χ1v) is 10.9. The Morgan fingerprint density at radius 2 is 1.89 bits per heavy atom. The van der Waals surface area contributed by atoms with Gasteiger partial charge in [-0.3, -0.25) is 4.79 Å². The van der Waals surface area contributed by atoms with Gasteiger partial charge in [0.15, 0.2) is 0 Å². The van der Waals surface area contributed by atoms with E-state index in [2.05, 4.69) is 9.71 Å². The average Bonchev–Trinajstić information content (AvgIpc) is 3.02. The number of aromatic nitrogens is 1. The van der Waals surface area contributed by atoms with Crippen molar-refractivity contribution in [2.24, 2.45) is 0 Å². The quantitative estimate of drug-likeness (QED) is 0.577. The number of carbonyl (C=O) groups is 1. The van der Waals surface area contributed by atoms with Crippen LogP contribution in [0.5, 0.6) is 0 Å². The zero-order valence-corrected chi connectivity index (χ0v) is 16.6. The Bertz CT molecular complexity index is 1060. The highest BCUT2D eigenvalue weighted by Gasteiger charge is 2.14. The molecular formula is C18H17ClN2O4S2. The van der Waals surface area contributed by atoms with E-state index in [0.717, 1.165) is 20.8 Å². The standard InChI is InChI=1S/C18H17ClN2O4S2/c19-13-4-7-16-15(11-13)21-17(26-16)9-10-20-27(24,25)14-5-1-12(2-6-14)3-8-18(22)23/h1-2,4-7,11,20H,3,8-10H2,(H,22,23). The molecule has 0 fully saturated rings. The summed E-state index contributed by atoms with van der Waals surface area (Å²) in [6.45, 7) is 0.233. The van der Waals surface area contributed by atoms with E-state index in [0.29, 0.717) is 17.9 Å². The van der Waals surface area contributed by atoms with Gasteiger partial charge in [-0.25, -0.2) is 18.1 Å². The summed E-state index contributed by atoms with van der Waals surface area (Å²) in [5.74, 6) is -0.884. The van der Waals surface area contributed by atoms with E-state index in [1.807, 2.05) is 6.07 Å². The fraction of sp³-hybridized carbons (Fsp3) is 0.222. The van der Waals surface area contributed by atoms with Gasteiger partial charge in [-0.05, 0) is 42.3 Å². The number of carboxylic acid groups (broad SMARTS) is 1. The van der Waals surface area contributed by atoms with E-state index in [9.17, 15) is 13.2 Å². The van der Waals surface area contributed by atoms with Gasteiger partial charge in [-0.2, -0.15) is 0 Å². The van der Waals surface area contributed by atoms with Crippen molar-refractivity contribution in [2.45, 2.75) is 24.2 Å². The Morgan fingerprint density at radius 1 is 1.15 bits per heavy atom. The van der Waals surface area contributed by atoms with Crippen molar-refractivity contribution in [2.75, 3.05) is 6.54 Å². The highest BCUT2D eigenvalue weighted by Crippen LogP contribution is 2.25. The Kier molecular flexibility index (Phi) is 6.11. The molecule has 0 radical (unpaired) electrons. The van der Waals surface area contributed by atoms with Crippen LogP contribution in [0.25, 0.3) is 10.2 Å². The molecule has 2 N–H and O–H groups in total. The third-order valence-electron chi connectivity index (χ3n) is 3.89. The van der Waals surface area contributed by atoms with Gasteiger partial charge in [-0.15, -0.1) is 11.3 Å². The predicted molar refractivity (Wildman–Crippen MR) is 106 cm³/mol. The first-order chi connectivity index (χ1) is 12.8. The molecule has 9 heteroatoms. The van der Waals surface area contributed by atoms with Gasteiger partial charge in [-0.1, -0.05) is 23.7 Å². The zero-order chi connectivity index (χ0) is 19.4. The van der Waals surface area contributed by atoms with E-state index >= 15 is 0 Å². The molecule has 3 aromatic rings. The second-order valence-corrected chi connectivity index (χ2v) is 9.22.